The second-order valence-electron chi connectivity index (χ2n) is 11.7. The van der Waals surface area contributed by atoms with Crippen molar-refractivity contribution in [3.05, 3.63) is 89.0 Å². The van der Waals surface area contributed by atoms with Gasteiger partial charge in [-0.1, -0.05) is 55.8 Å². The molecule has 0 aliphatic carbocycles. The molecular weight excluding hydrogens is 546 g/mol. The molecule has 0 aliphatic heterocycles. The van der Waals surface area contributed by atoms with Gasteiger partial charge < -0.3 is 30.5 Å². The first kappa shape index (κ1) is 33.0. The van der Waals surface area contributed by atoms with Crippen LogP contribution in [0.2, 0.25) is 0 Å². The van der Waals surface area contributed by atoms with Gasteiger partial charge in [-0.05, 0) is 87.6 Å². The van der Waals surface area contributed by atoms with Crippen LogP contribution in [0.5, 0.6) is 11.5 Å². The first-order chi connectivity index (χ1) is 20.3. The third kappa shape index (κ3) is 9.49. The Balaban J connectivity index is 2.08. The van der Waals surface area contributed by atoms with E-state index in [4.69, 9.17) is 4.74 Å². The molecule has 0 bridgehead atoms. The monoisotopic (exact) mass is 589 g/mol. The van der Waals surface area contributed by atoms with Crippen molar-refractivity contribution in [3.63, 3.8) is 0 Å². The summed E-state index contributed by atoms with van der Waals surface area (Å²) >= 11 is 0. The molecule has 3 aromatic rings. The average Bonchev–Trinajstić information content (AvgIpc) is 2.93. The summed E-state index contributed by atoms with van der Waals surface area (Å²) in [5, 5.41) is 25.5. The van der Waals surface area contributed by atoms with E-state index in [0.29, 0.717) is 23.2 Å². The van der Waals surface area contributed by atoms with Crippen molar-refractivity contribution in [1.29, 1.82) is 0 Å². The SMILES string of the molecule is CCCCN(C(=O)C(Cc1ccc(O)cc1)NC(=O)OC(C)(C)C)C(C(=O)Nc1c(C)cccc1C)c1ccc(O)cc1. The van der Waals surface area contributed by atoms with E-state index < -0.39 is 35.6 Å². The molecule has 9 nitrogen and oxygen atoms in total. The molecule has 2 atom stereocenters. The molecule has 4 N–H and O–H groups in total. The van der Waals surface area contributed by atoms with E-state index in [1.54, 1.807) is 45.0 Å². The normalized spacial score (nSPS) is 12.6. The lowest BCUT2D eigenvalue weighted by Gasteiger charge is -2.35. The number of alkyl carbamates (subject to hydrolysis) is 1. The van der Waals surface area contributed by atoms with Gasteiger partial charge in [-0.25, -0.2) is 4.79 Å². The number of rotatable bonds is 11. The van der Waals surface area contributed by atoms with Crippen LogP contribution in [0, 0.1) is 13.8 Å². The van der Waals surface area contributed by atoms with Crippen LogP contribution in [-0.4, -0.2) is 51.2 Å². The van der Waals surface area contributed by atoms with Crippen LogP contribution in [0.25, 0.3) is 0 Å². The Morgan fingerprint density at radius 3 is 1.98 bits per heavy atom. The summed E-state index contributed by atoms with van der Waals surface area (Å²) < 4.78 is 5.48. The lowest BCUT2D eigenvalue weighted by Crippen LogP contribution is -2.53. The standard InChI is InChI=1S/C34H43N3O6/c1-7-8-20-37(32(41)28(35-33(42)43-34(4,5)6)21-24-12-16-26(38)17-13-24)30(25-14-18-27(39)19-15-25)31(40)36-29-22(2)10-9-11-23(29)3/h9-19,28,30,38-39H,7-8,20-21H2,1-6H3,(H,35,42)(H,36,40). The Hall–Kier alpha value is -4.53. The molecule has 0 saturated carbocycles. The largest absolute Gasteiger partial charge is 0.508 e. The van der Waals surface area contributed by atoms with E-state index in [1.165, 1.54) is 29.2 Å². The minimum atomic E-state index is -1.08. The third-order valence-corrected chi connectivity index (χ3v) is 6.90. The lowest BCUT2D eigenvalue weighted by molar-refractivity contribution is -0.140. The maximum absolute atomic E-state index is 14.5. The number of hydrogen-bond donors (Lipinski definition) is 4. The summed E-state index contributed by atoms with van der Waals surface area (Å²) in [7, 11) is 0. The van der Waals surface area contributed by atoms with E-state index in [2.05, 4.69) is 10.6 Å². The molecule has 43 heavy (non-hydrogen) atoms. The number of anilines is 1. The highest BCUT2D eigenvalue weighted by Gasteiger charge is 2.36. The van der Waals surface area contributed by atoms with Crippen LogP contribution in [0.3, 0.4) is 0 Å². The van der Waals surface area contributed by atoms with Crippen LogP contribution in [-0.2, 0) is 20.7 Å². The molecule has 9 heteroatoms. The van der Waals surface area contributed by atoms with Gasteiger partial charge in [0.15, 0.2) is 0 Å². The number of nitrogens with one attached hydrogen (secondary N) is 2. The van der Waals surface area contributed by atoms with Gasteiger partial charge in [0.2, 0.25) is 5.91 Å². The van der Waals surface area contributed by atoms with Gasteiger partial charge in [0, 0.05) is 18.7 Å². The fourth-order valence-corrected chi connectivity index (χ4v) is 4.75. The molecule has 0 heterocycles. The number of benzene rings is 3. The smallest absolute Gasteiger partial charge is 0.408 e. The van der Waals surface area contributed by atoms with E-state index in [9.17, 15) is 24.6 Å². The molecule has 230 valence electrons. The van der Waals surface area contributed by atoms with Crippen molar-refractivity contribution in [3.8, 4) is 11.5 Å². The number of carbonyl (C=O) groups excluding carboxylic acids is 3. The topological polar surface area (TPSA) is 128 Å². The summed E-state index contributed by atoms with van der Waals surface area (Å²) in [6.45, 7) is 11.2. The van der Waals surface area contributed by atoms with Crippen molar-refractivity contribution in [2.24, 2.45) is 0 Å². The number of amides is 3. The van der Waals surface area contributed by atoms with Crippen LogP contribution < -0.4 is 10.6 Å². The summed E-state index contributed by atoms with van der Waals surface area (Å²) in [6.07, 6.45) is 0.699. The first-order valence-corrected chi connectivity index (χ1v) is 14.5. The molecule has 3 amide bonds. The molecule has 2 unspecified atom stereocenters. The predicted molar refractivity (Wildman–Crippen MR) is 167 cm³/mol. The molecule has 0 aliphatic rings. The molecule has 0 aromatic heterocycles. The number of unbranched alkanes of at least 4 members (excludes halogenated alkanes) is 1. The Morgan fingerprint density at radius 2 is 1.44 bits per heavy atom. The summed E-state index contributed by atoms with van der Waals surface area (Å²) in [5.74, 6) is -0.789. The van der Waals surface area contributed by atoms with Gasteiger partial charge in [-0.2, -0.15) is 0 Å². The predicted octanol–water partition coefficient (Wildman–Crippen LogP) is 6.16. The van der Waals surface area contributed by atoms with Crippen molar-refractivity contribution in [1.82, 2.24) is 10.2 Å². The molecule has 3 rings (SSSR count). The minimum absolute atomic E-state index is 0.0286. The number of ether oxygens (including phenoxy) is 1. The van der Waals surface area contributed by atoms with E-state index in [-0.39, 0.29) is 24.5 Å². The Kier molecular flexibility index (Phi) is 11.2. The van der Waals surface area contributed by atoms with Crippen LogP contribution in [0.15, 0.2) is 66.7 Å². The van der Waals surface area contributed by atoms with Crippen LogP contribution >= 0.6 is 0 Å². The maximum atomic E-state index is 14.5. The number of hydrogen-bond acceptors (Lipinski definition) is 6. The number of phenols is 2. The van der Waals surface area contributed by atoms with E-state index in [1.807, 2.05) is 39.0 Å². The van der Waals surface area contributed by atoms with Crippen molar-refractivity contribution < 1.29 is 29.3 Å². The maximum Gasteiger partial charge on any atom is 0.408 e. The zero-order valence-electron chi connectivity index (χ0n) is 25.8. The van der Waals surface area contributed by atoms with Crippen LogP contribution in [0.1, 0.15) is 68.8 Å². The molecular formula is C34H43N3O6. The van der Waals surface area contributed by atoms with Gasteiger partial charge in [0.1, 0.15) is 29.2 Å². The Bertz CT molecular complexity index is 1380. The number of phenolic OH excluding ortho intramolecular Hbond substituents is 2. The summed E-state index contributed by atoms with van der Waals surface area (Å²) in [6, 6.07) is 16.1. The number of aryl methyl sites for hydroxylation is 2. The highest BCUT2D eigenvalue weighted by molar-refractivity contribution is 6.00. The van der Waals surface area contributed by atoms with Gasteiger partial charge in [0.05, 0.1) is 0 Å². The van der Waals surface area contributed by atoms with Crippen molar-refractivity contribution in [2.75, 3.05) is 11.9 Å². The fraction of sp³-hybridized carbons (Fsp3) is 0.382. The zero-order chi connectivity index (χ0) is 31.7. The van der Waals surface area contributed by atoms with Gasteiger partial charge in [-0.3, -0.25) is 9.59 Å². The average molecular weight is 590 g/mol. The number of nitrogens with zero attached hydrogens (tertiary/aromatic N) is 1. The van der Waals surface area contributed by atoms with Crippen molar-refractivity contribution >= 4 is 23.6 Å². The minimum Gasteiger partial charge on any atom is -0.508 e. The Labute approximate surface area is 253 Å². The number of carbonyl (C=O) groups is 3. The summed E-state index contributed by atoms with van der Waals surface area (Å²) in [4.78, 5) is 43.0. The number of aromatic hydroxyl groups is 2. The lowest BCUT2D eigenvalue weighted by atomic mass is 9.99. The van der Waals surface area contributed by atoms with Crippen molar-refractivity contribution in [2.45, 2.75) is 78.5 Å². The van der Waals surface area contributed by atoms with Gasteiger partial charge in [0.25, 0.3) is 5.91 Å². The quantitative estimate of drug-likeness (QED) is 0.212. The highest BCUT2D eigenvalue weighted by atomic mass is 16.6. The second kappa shape index (κ2) is 14.6. The third-order valence-electron chi connectivity index (χ3n) is 6.90. The zero-order valence-corrected chi connectivity index (χ0v) is 25.8. The van der Waals surface area contributed by atoms with Gasteiger partial charge >= 0.3 is 6.09 Å². The van der Waals surface area contributed by atoms with E-state index >= 15 is 0 Å². The fourth-order valence-electron chi connectivity index (χ4n) is 4.75. The number of para-hydroxylation sites is 1. The molecule has 0 saturated heterocycles. The Morgan fingerprint density at radius 1 is 0.884 bits per heavy atom. The highest BCUT2D eigenvalue weighted by Crippen LogP contribution is 2.29. The molecule has 0 spiro atoms. The molecule has 0 fully saturated rings. The second-order valence-corrected chi connectivity index (χ2v) is 11.7. The molecule has 0 radical (unpaired) electrons. The molecule has 3 aromatic carbocycles. The van der Waals surface area contributed by atoms with Crippen LogP contribution in [0.4, 0.5) is 10.5 Å². The first-order valence-electron chi connectivity index (χ1n) is 14.5. The summed E-state index contributed by atoms with van der Waals surface area (Å²) in [5.41, 5.74) is 2.82. The van der Waals surface area contributed by atoms with Gasteiger partial charge in [-0.15, -0.1) is 0 Å². The van der Waals surface area contributed by atoms with E-state index in [0.717, 1.165) is 17.5 Å².